The second kappa shape index (κ2) is 7.02. The number of halogens is 1. The molecule has 1 fully saturated rings. The Morgan fingerprint density at radius 1 is 1.28 bits per heavy atom. The van der Waals surface area contributed by atoms with Gasteiger partial charge in [0.2, 0.25) is 5.91 Å². The van der Waals surface area contributed by atoms with E-state index >= 15 is 0 Å². The molecular weight excluding hydrogens is 340 g/mol. The van der Waals surface area contributed by atoms with Crippen molar-refractivity contribution < 1.29 is 19.2 Å². The number of hydrogen-bond donors (Lipinski definition) is 2. The number of amides is 1. The first-order valence-corrected chi connectivity index (χ1v) is 8.60. The van der Waals surface area contributed by atoms with Crippen LogP contribution in [-0.4, -0.2) is 35.9 Å². The zero-order valence-electron chi connectivity index (χ0n) is 15.6. The van der Waals surface area contributed by atoms with Crippen molar-refractivity contribution in [1.29, 1.82) is 0 Å². The van der Waals surface area contributed by atoms with Crippen molar-refractivity contribution in [2.45, 2.75) is 52.7 Å². The van der Waals surface area contributed by atoms with Crippen molar-refractivity contribution in [3.05, 3.63) is 33.8 Å². The zero-order valence-corrected chi connectivity index (χ0v) is 16.3. The number of hydrogen-bond acceptors (Lipinski definition) is 4. The van der Waals surface area contributed by atoms with Crippen LogP contribution < -0.4 is 5.32 Å². The molecule has 1 amide bonds. The van der Waals surface area contributed by atoms with Gasteiger partial charge in [-0.05, 0) is 63.4 Å². The molecule has 1 heterocycles. The van der Waals surface area contributed by atoms with Crippen LogP contribution in [0, 0.1) is 6.92 Å². The van der Waals surface area contributed by atoms with Gasteiger partial charge in [-0.25, -0.2) is 0 Å². The largest absolute Gasteiger partial charge is 0.506 e. The molecule has 0 bridgehead atoms. The van der Waals surface area contributed by atoms with Crippen LogP contribution in [0.15, 0.2) is 17.6 Å². The summed E-state index contributed by atoms with van der Waals surface area (Å²) in [5, 5.41) is 12.9. The monoisotopic (exact) mass is 365 g/mol. The highest BCUT2D eigenvalue weighted by Crippen LogP contribution is 2.39. The molecule has 0 atom stereocenters. The lowest BCUT2D eigenvalue weighted by Crippen LogP contribution is -2.41. The Morgan fingerprint density at radius 2 is 1.84 bits per heavy atom. The maximum absolute atomic E-state index is 11.3. The first kappa shape index (κ1) is 19.8. The lowest BCUT2D eigenvalue weighted by molar-refractivity contribution is -0.118. The molecule has 2 N–H and O–H groups in total. The minimum atomic E-state index is -0.579. The normalized spacial score (nSPS) is 19.2. The van der Waals surface area contributed by atoms with Crippen molar-refractivity contribution in [3.8, 4) is 5.75 Å². The van der Waals surface area contributed by atoms with Gasteiger partial charge < -0.3 is 19.7 Å². The van der Waals surface area contributed by atoms with Crippen LogP contribution in [0.2, 0.25) is 5.02 Å². The summed E-state index contributed by atoms with van der Waals surface area (Å²) in [5.41, 5.74) is 1.29. The third-order valence-electron chi connectivity index (χ3n) is 4.73. The summed E-state index contributed by atoms with van der Waals surface area (Å²) in [4.78, 5) is 11.3. The van der Waals surface area contributed by atoms with Gasteiger partial charge in [-0.1, -0.05) is 17.7 Å². The molecule has 25 heavy (non-hydrogen) atoms. The van der Waals surface area contributed by atoms with Gasteiger partial charge in [-0.3, -0.25) is 4.79 Å². The summed E-state index contributed by atoms with van der Waals surface area (Å²) in [6.45, 7) is 11.4. The van der Waals surface area contributed by atoms with E-state index in [2.05, 4.69) is 5.32 Å². The van der Waals surface area contributed by atoms with Gasteiger partial charge in [-0.2, -0.15) is 0 Å². The highest BCUT2D eigenvalue weighted by molar-refractivity contribution is 6.56. The molecule has 0 radical (unpaired) electrons. The second-order valence-corrected chi connectivity index (χ2v) is 7.79. The van der Waals surface area contributed by atoms with Gasteiger partial charge in [0.1, 0.15) is 5.75 Å². The standard InChI is InChI=1S/C18H25BClNO4/c1-11-7-13(9-15(20)16(11)23)8-14(10-21-12(2)22)19-24-17(3,4)18(5,6)25-19/h7-9,23H,10H2,1-6H3,(H,21,22). The van der Waals surface area contributed by atoms with Crippen molar-refractivity contribution in [3.63, 3.8) is 0 Å². The van der Waals surface area contributed by atoms with Gasteiger partial charge in [0.15, 0.2) is 0 Å². The van der Waals surface area contributed by atoms with E-state index < -0.39 is 18.3 Å². The summed E-state index contributed by atoms with van der Waals surface area (Å²) in [6, 6.07) is 3.49. The number of phenols is 1. The molecule has 1 aromatic carbocycles. The molecule has 0 unspecified atom stereocenters. The number of carbonyl (C=O) groups is 1. The van der Waals surface area contributed by atoms with Gasteiger partial charge in [0.05, 0.1) is 16.2 Å². The molecule has 1 aromatic rings. The van der Waals surface area contributed by atoms with E-state index in [0.29, 0.717) is 12.1 Å². The Hall–Kier alpha value is -1.50. The molecule has 2 rings (SSSR count). The molecule has 1 aliphatic heterocycles. The SMILES string of the molecule is CC(=O)NCC(=Cc1cc(C)c(O)c(Cl)c1)B1OC(C)(C)C(C)(C)O1. The molecule has 1 aliphatic rings. The molecule has 0 spiro atoms. The number of carbonyl (C=O) groups excluding carboxylic acids is 1. The zero-order chi connectivity index (χ0) is 19.0. The molecule has 7 heteroatoms. The fourth-order valence-corrected chi connectivity index (χ4v) is 2.76. The topological polar surface area (TPSA) is 67.8 Å². The Balaban J connectivity index is 2.38. The fraction of sp³-hybridized carbons (Fsp3) is 0.500. The molecule has 1 saturated heterocycles. The van der Waals surface area contributed by atoms with E-state index in [0.717, 1.165) is 11.0 Å². The first-order valence-electron chi connectivity index (χ1n) is 8.22. The summed E-state index contributed by atoms with van der Waals surface area (Å²) in [7, 11) is -0.579. The maximum Gasteiger partial charge on any atom is 0.492 e. The number of aryl methyl sites for hydroxylation is 1. The lowest BCUT2D eigenvalue weighted by Gasteiger charge is -2.32. The number of aromatic hydroxyl groups is 1. The molecule has 5 nitrogen and oxygen atoms in total. The van der Waals surface area contributed by atoms with Crippen LogP contribution in [-0.2, 0) is 14.1 Å². The van der Waals surface area contributed by atoms with Crippen LogP contribution in [0.25, 0.3) is 6.08 Å². The van der Waals surface area contributed by atoms with Gasteiger partial charge in [-0.15, -0.1) is 0 Å². The second-order valence-electron chi connectivity index (χ2n) is 7.39. The summed E-state index contributed by atoms with van der Waals surface area (Å²) < 4.78 is 12.2. The maximum atomic E-state index is 11.3. The van der Waals surface area contributed by atoms with E-state index in [-0.39, 0.29) is 16.7 Å². The predicted molar refractivity (Wildman–Crippen MR) is 101 cm³/mol. The lowest BCUT2D eigenvalue weighted by atomic mass is 9.77. The minimum Gasteiger partial charge on any atom is -0.506 e. The summed E-state index contributed by atoms with van der Waals surface area (Å²) >= 11 is 6.07. The van der Waals surface area contributed by atoms with E-state index in [9.17, 15) is 9.90 Å². The first-order chi connectivity index (χ1) is 11.4. The Morgan fingerprint density at radius 3 is 2.32 bits per heavy atom. The molecule has 0 aliphatic carbocycles. The van der Waals surface area contributed by atoms with Crippen LogP contribution in [0.4, 0.5) is 0 Å². The Bertz CT molecular complexity index is 676. The predicted octanol–water partition coefficient (Wildman–Crippen LogP) is 3.50. The van der Waals surface area contributed by atoms with Gasteiger partial charge in [0, 0.05) is 13.5 Å². The number of phenolic OH excluding ortho intramolecular Hbond substituents is 1. The molecule has 0 saturated carbocycles. The van der Waals surface area contributed by atoms with Crippen LogP contribution >= 0.6 is 11.6 Å². The van der Waals surface area contributed by atoms with Crippen molar-refractivity contribution >= 4 is 30.7 Å². The average molecular weight is 366 g/mol. The third-order valence-corrected chi connectivity index (χ3v) is 5.01. The van der Waals surface area contributed by atoms with E-state index in [4.69, 9.17) is 20.9 Å². The highest BCUT2D eigenvalue weighted by atomic mass is 35.5. The molecule has 0 aromatic heterocycles. The van der Waals surface area contributed by atoms with Crippen LogP contribution in [0.5, 0.6) is 5.75 Å². The van der Waals surface area contributed by atoms with Crippen molar-refractivity contribution in [2.24, 2.45) is 0 Å². The summed E-state index contributed by atoms with van der Waals surface area (Å²) in [5.74, 6) is -0.0693. The van der Waals surface area contributed by atoms with Crippen LogP contribution in [0.1, 0.15) is 45.7 Å². The Kier molecular flexibility index (Phi) is 5.57. The highest BCUT2D eigenvalue weighted by Gasteiger charge is 2.52. The fourth-order valence-electron chi connectivity index (χ4n) is 2.48. The Labute approximate surface area is 154 Å². The minimum absolute atomic E-state index is 0.0675. The van der Waals surface area contributed by atoms with Gasteiger partial charge >= 0.3 is 7.12 Å². The van der Waals surface area contributed by atoms with E-state index in [1.807, 2.05) is 39.8 Å². The summed E-state index contributed by atoms with van der Waals surface area (Å²) in [6.07, 6.45) is 1.87. The third kappa shape index (κ3) is 4.38. The van der Waals surface area contributed by atoms with E-state index in [1.54, 1.807) is 13.0 Å². The van der Waals surface area contributed by atoms with Gasteiger partial charge in [0.25, 0.3) is 0 Å². The van der Waals surface area contributed by atoms with E-state index in [1.165, 1.54) is 6.92 Å². The quantitative estimate of drug-likeness (QED) is 0.801. The molecular formula is C18H25BClNO4. The molecule has 136 valence electrons. The number of rotatable bonds is 4. The van der Waals surface area contributed by atoms with Crippen molar-refractivity contribution in [1.82, 2.24) is 5.32 Å². The number of nitrogens with one attached hydrogen (secondary N) is 1. The average Bonchev–Trinajstić information content (AvgIpc) is 2.68. The van der Waals surface area contributed by atoms with Crippen molar-refractivity contribution in [2.75, 3.05) is 6.54 Å². The number of benzene rings is 1. The smallest absolute Gasteiger partial charge is 0.492 e. The van der Waals surface area contributed by atoms with Crippen LogP contribution in [0.3, 0.4) is 0 Å².